The van der Waals surface area contributed by atoms with Crippen LogP contribution in [0.25, 0.3) is 0 Å². The molecule has 1 aromatic rings. The van der Waals surface area contributed by atoms with Gasteiger partial charge in [0.15, 0.2) is 0 Å². The first-order valence-electron chi connectivity index (χ1n) is 7.06. The molecule has 2 heterocycles. The van der Waals surface area contributed by atoms with E-state index in [2.05, 4.69) is 25.9 Å². The highest BCUT2D eigenvalue weighted by atomic mass is 79.9. The smallest absolute Gasteiger partial charge is 0.257 e. The molecule has 1 aliphatic heterocycles. The molecule has 1 saturated heterocycles. The number of nitrogens with zero attached hydrogens (tertiary/aromatic N) is 3. The molecular formula is C14H22BrN3O. The monoisotopic (exact) mass is 327 g/mol. The van der Waals surface area contributed by atoms with Gasteiger partial charge in [0.2, 0.25) is 0 Å². The Labute approximate surface area is 123 Å². The van der Waals surface area contributed by atoms with Crippen LogP contribution in [0.4, 0.5) is 0 Å². The van der Waals surface area contributed by atoms with Crippen LogP contribution in [0.2, 0.25) is 0 Å². The first kappa shape index (κ1) is 14.6. The normalized spacial score (nSPS) is 19.1. The van der Waals surface area contributed by atoms with Crippen LogP contribution in [-0.4, -0.2) is 38.5 Å². The van der Waals surface area contributed by atoms with Crippen molar-refractivity contribution >= 4 is 21.8 Å². The van der Waals surface area contributed by atoms with Crippen LogP contribution in [0.5, 0.6) is 0 Å². The number of alkyl halides is 1. The van der Waals surface area contributed by atoms with Crippen molar-refractivity contribution < 1.29 is 4.79 Å². The molecule has 106 valence electrons. The van der Waals surface area contributed by atoms with Gasteiger partial charge in [0.05, 0.1) is 11.3 Å². The van der Waals surface area contributed by atoms with Crippen molar-refractivity contribution in [2.24, 2.45) is 7.05 Å². The summed E-state index contributed by atoms with van der Waals surface area (Å²) < 4.78 is 1.75. The maximum absolute atomic E-state index is 12.7. The highest BCUT2D eigenvalue weighted by molar-refractivity contribution is 9.09. The van der Waals surface area contributed by atoms with Gasteiger partial charge in [-0.05, 0) is 32.1 Å². The molecule has 4 nitrogen and oxygen atoms in total. The van der Waals surface area contributed by atoms with Gasteiger partial charge in [0.1, 0.15) is 0 Å². The van der Waals surface area contributed by atoms with Crippen LogP contribution < -0.4 is 0 Å². The van der Waals surface area contributed by atoms with Gasteiger partial charge in [-0.25, -0.2) is 0 Å². The van der Waals surface area contributed by atoms with Crippen LogP contribution in [0.3, 0.4) is 0 Å². The predicted octanol–water partition coefficient (Wildman–Crippen LogP) is 2.76. The molecule has 1 amide bonds. The molecule has 0 aliphatic carbocycles. The molecular weight excluding hydrogens is 306 g/mol. The average Bonchev–Trinajstić information content (AvgIpc) is 3.01. The molecule has 1 aromatic heterocycles. The molecule has 0 aromatic carbocycles. The van der Waals surface area contributed by atoms with Crippen LogP contribution in [-0.2, 0) is 13.5 Å². The number of carbonyl (C=O) groups excluding carboxylic acids is 1. The molecule has 2 rings (SSSR count). The summed E-state index contributed by atoms with van der Waals surface area (Å²) in [6.45, 7) is 2.94. The second-order valence-electron chi connectivity index (χ2n) is 5.14. The van der Waals surface area contributed by atoms with Crippen molar-refractivity contribution in [2.45, 2.75) is 45.1 Å². The Kier molecular flexibility index (Phi) is 5.02. The lowest BCUT2D eigenvalue weighted by Gasteiger charge is -2.24. The van der Waals surface area contributed by atoms with E-state index in [1.165, 1.54) is 0 Å². The minimum absolute atomic E-state index is 0.169. The van der Waals surface area contributed by atoms with Crippen LogP contribution in [0.15, 0.2) is 6.20 Å². The first-order chi connectivity index (χ1) is 9.17. The number of likely N-dealkylation sites (tertiary alicyclic amines) is 1. The third-order valence-corrected chi connectivity index (χ3v) is 4.34. The zero-order valence-corrected chi connectivity index (χ0v) is 13.3. The molecule has 0 saturated carbocycles. The maximum Gasteiger partial charge on any atom is 0.257 e. The predicted molar refractivity (Wildman–Crippen MR) is 79.7 cm³/mol. The molecule has 1 unspecified atom stereocenters. The highest BCUT2D eigenvalue weighted by Crippen LogP contribution is 2.24. The molecule has 0 bridgehead atoms. The standard InChI is InChI=1S/C14H22BrN3O/c1-3-13-12(10-17(2)16-13)14(19)18-9-5-7-11(18)6-4-8-15/h10-11H,3-9H2,1-2H3. The Morgan fingerprint density at radius 2 is 2.37 bits per heavy atom. The van der Waals surface area contributed by atoms with Gasteiger partial charge >= 0.3 is 0 Å². The summed E-state index contributed by atoms with van der Waals surface area (Å²) in [7, 11) is 1.88. The van der Waals surface area contributed by atoms with Crippen molar-refractivity contribution in [3.8, 4) is 0 Å². The summed E-state index contributed by atoms with van der Waals surface area (Å²) >= 11 is 3.47. The molecule has 19 heavy (non-hydrogen) atoms. The Bertz CT molecular complexity index is 444. The minimum atomic E-state index is 0.169. The minimum Gasteiger partial charge on any atom is -0.336 e. The van der Waals surface area contributed by atoms with E-state index in [1.54, 1.807) is 4.68 Å². The fourth-order valence-electron chi connectivity index (χ4n) is 2.84. The van der Waals surface area contributed by atoms with Gasteiger partial charge in [-0.15, -0.1) is 0 Å². The van der Waals surface area contributed by atoms with Crippen molar-refractivity contribution in [3.05, 3.63) is 17.5 Å². The molecule has 1 aliphatic rings. The third-order valence-electron chi connectivity index (χ3n) is 3.78. The Balaban J connectivity index is 2.13. The number of rotatable bonds is 5. The van der Waals surface area contributed by atoms with Crippen LogP contribution in [0.1, 0.15) is 48.7 Å². The Morgan fingerprint density at radius 1 is 1.58 bits per heavy atom. The highest BCUT2D eigenvalue weighted by Gasteiger charge is 2.30. The summed E-state index contributed by atoms with van der Waals surface area (Å²) in [5.74, 6) is 0.169. The SMILES string of the molecule is CCc1nn(C)cc1C(=O)N1CCCC1CCCBr. The number of aryl methyl sites for hydroxylation is 2. The van der Waals surface area contributed by atoms with Gasteiger partial charge in [-0.1, -0.05) is 22.9 Å². The lowest BCUT2D eigenvalue weighted by atomic mass is 10.1. The molecule has 0 spiro atoms. The molecule has 1 fully saturated rings. The van der Waals surface area contributed by atoms with Crippen molar-refractivity contribution in [1.29, 1.82) is 0 Å². The molecule has 5 heteroatoms. The van der Waals surface area contributed by atoms with E-state index in [9.17, 15) is 4.79 Å². The van der Waals surface area contributed by atoms with E-state index in [-0.39, 0.29) is 5.91 Å². The quantitative estimate of drug-likeness (QED) is 0.780. The number of hydrogen-bond acceptors (Lipinski definition) is 2. The van der Waals surface area contributed by atoms with E-state index in [0.717, 1.165) is 55.2 Å². The van der Waals surface area contributed by atoms with E-state index in [1.807, 2.05) is 20.2 Å². The number of amides is 1. The number of carbonyl (C=O) groups is 1. The van der Waals surface area contributed by atoms with E-state index < -0.39 is 0 Å². The largest absolute Gasteiger partial charge is 0.336 e. The van der Waals surface area contributed by atoms with E-state index in [0.29, 0.717) is 6.04 Å². The maximum atomic E-state index is 12.7. The van der Waals surface area contributed by atoms with E-state index in [4.69, 9.17) is 0 Å². The van der Waals surface area contributed by atoms with Gasteiger partial charge in [-0.2, -0.15) is 5.10 Å². The lowest BCUT2D eigenvalue weighted by molar-refractivity contribution is 0.0729. The second-order valence-corrected chi connectivity index (χ2v) is 5.94. The van der Waals surface area contributed by atoms with Gasteiger partial charge < -0.3 is 4.90 Å². The molecule has 0 radical (unpaired) electrons. The Hall–Kier alpha value is -0.840. The number of hydrogen-bond donors (Lipinski definition) is 0. The zero-order chi connectivity index (χ0) is 13.8. The zero-order valence-electron chi connectivity index (χ0n) is 11.7. The summed E-state index contributed by atoms with van der Waals surface area (Å²) in [6.07, 6.45) is 7.16. The van der Waals surface area contributed by atoms with Crippen molar-refractivity contribution in [3.63, 3.8) is 0 Å². The van der Waals surface area contributed by atoms with Crippen molar-refractivity contribution in [1.82, 2.24) is 14.7 Å². The third kappa shape index (κ3) is 3.19. The fourth-order valence-corrected chi connectivity index (χ4v) is 3.17. The van der Waals surface area contributed by atoms with Gasteiger partial charge in [-0.3, -0.25) is 9.48 Å². The van der Waals surface area contributed by atoms with Gasteiger partial charge in [0.25, 0.3) is 5.91 Å². The summed E-state index contributed by atoms with van der Waals surface area (Å²) in [6, 6.07) is 0.412. The fraction of sp³-hybridized carbons (Fsp3) is 0.714. The van der Waals surface area contributed by atoms with Crippen molar-refractivity contribution in [2.75, 3.05) is 11.9 Å². The first-order valence-corrected chi connectivity index (χ1v) is 8.19. The number of aromatic nitrogens is 2. The Morgan fingerprint density at radius 3 is 3.05 bits per heavy atom. The van der Waals surface area contributed by atoms with E-state index >= 15 is 0 Å². The summed E-state index contributed by atoms with van der Waals surface area (Å²) in [5.41, 5.74) is 1.70. The lowest BCUT2D eigenvalue weighted by Crippen LogP contribution is -2.35. The topological polar surface area (TPSA) is 38.1 Å². The van der Waals surface area contributed by atoms with Crippen LogP contribution in [0, 0.1) is 0 Å². The summed E-state index contributed by atoms with van der Waals surface area (Å²) in [4.78, 5) is 14.7. The second kappa shape index (κ2) is 6.55. The molecule has 1 atom stereocenters. The summed E-state index contributed by atoms with van der Waals surface area (Å²) in [5, 5.41) is 5.38. The van der Waals surface area contributed by atoms with Gasteiger partial charge in [0, 0.05) is 31.2 Å². The van der Waals surface area contributed by atoms with Crippen LogP contribution >= 0.6 is 15.9 Å². The number of halogens is 1. The average molecular weight is 328 g/mol. The molecule has 0 N–H and O–H groups in total.